The van der Waals surface area contributed by atoms with Gasteiger partial charge in [0.2, 0.25) is 0 Å². The molecule has 3 fully saturated rings. The highest BCUT2D eigenvalue weighted by Crippen LogP contribution is 2.52. The van der Waals surface area contributed by atoms with Crippen LogP contribution in [0.4, 0.5) is 0 Å². The highest BCUT2D eigenvalue weighted by atomic mass is 35.5. The summed E-state index contributed by atoms with van der Waals surface area (Å²) in [5, 5.41) is 11.5. The van der Waals surface area contributed by atoms with Crippen LogP contribution in [-0.2, 0) is 14.3 Å². The molecule has 1 heterocycles. The summed E-state index contributed by atoms with van der Waals surface area (Å²) in [4.78, 5) is 26.0. The molecule has 2 aliphatic carbocycles. The predicted molar refractivity (Wildman–Crippen MR) is 105 cm³/mol. The number of carbonyl (C=O) groups excluding carboxylic acids is 2. The molecule has 4 nitrogen and oxygen atoms in total. The number of hydrogen-bond acceptors (Lipinski definition) is 5. The highest BCUT2D eigenvalue weighted by molar-refractivity contribution is 7.99. The molecule has 0 aromatic heterocycles. The summed E-state index contributed by atoms with van der Waals surface area (Å²) < 4.78 is 5.79. The van der Waals surface area contributed by atoms with Crippen molar-refractivity contribution in [2.45, 2.75) is 36.9 Å². The maximum absolute atomic E-state index is 12.7. The van der Waals surface area contributed by atoms with Crippen molar-refractivity contribution in [2.24, 2.45) is 29.6 Å². The van der Waals surface area contributed by atoms with Crippen LogP contribution in [0, 0.1) is 29.6 Å². The highest BCUT2D eigenvalue weighted by Gasteiger charge is 2.58. The van der Waals surface area contributed by atoms with Crippen LogP contribution in [0.15, 0.2) is 41.3 Å². The zero-order valence-corrected chi connectivity index (χ0v) is 16.7. The van der Waals surface area contributed by atoms with E-state index in [1.54, 1.807) is 11.8 Å². The lowest BCUT2D eigenvalue weighted by atomic mass is 9.77. The molecule has 27 heavy (non-hydrogen) atoms. The molecule has 4 rings (SSSR count). The van der Waals surface area contributed by atoms with Gasteiger partial charge in [0.05, 0.1) is 12.0 Å². The Hall–Kier alpha value is -1.30. The van der Waals surface area contributed by atoms with Gasteiger partial charge in [0.25, 0.3) is 0 Å². The number of carbonyl (C=O) groups is 2. The van der Waals surface area contributed by atoms with Gasteiger partial charge in [-0.2, -0.15) is 0 Å². The smallest absolute Gasteiger partial charge is 0.310 e. The molecule has 1 aliphatic heterocycles. The number of fused-ring (bicyclic) bond motifs is 3. The van der Waals surface area contributed by atoms with E-state index >= 15 is 0 Å². The van der Waals surface area contributed by atoms with Crippen molar-refractivity contribution in [1.82, 2.24) is 0 Å². The predicted octanol–water partition coefficient (Wildman–Crippen LogP) is 3.75. The van der Waals surface area contributed by atoms with Crippen LogP contribution in [0.25, 0.3) is 0 Å². The van der Waals surface area contributed by atoms with E-state index in [1.807, 2.05) is 31.2 Å². The third kappa shape index (κ3) is 3.34. The maximum Gasteiger partial charge on any atom is 0.310 e. The number of rotatable bonds is 3. The Morgan fingerprint density at radius 2 is 2.07 bits per heavy atom. The maximum atomic E-state index is 12.7. The number of hydrogen-bond donors (Lipinski definition) is 1. The molecule has 0 unspecified atom stereocenters. The van der Waals surface area contributed by atoms with Gasteiger partial charge in [-0.3, -0.25) is 9.59 Å². The van der Waals surface area contributed by atoms with Gasteiger partial charge in [0, 0.05) is 39.8 Å². The summed E-state index contributed by atoms with van der Waals surface area (Å²) in [6.45, 7) is 6.05. The van der Waals surface area contributed by atoms with Gasteiger partial charge in [0.1, 0.15) is 11.9 Å². The zero-order chi connectivity index (χ0) is 19.3. The molecule has 3 aliphatic rings. The molecular formula is C21H23ClO4S. The molecule has 1 saturated heterocycles. The van der Waals surface area contributed by atoms with Gasteiger partial charge in [-0.25, -0.2) is 0 Å². The number of esters is 1. The second kappa shape index (κ2) is 7.26. The average Bonchev–Trinajstić information content (AvgIpc) is 3.06. The van der Waals surface area contributed by atoms with Crippen LogP contribution in [0.5, 0.6) is 0 Å². The number of benzene rings is 1. The quantitative estimate of drug-likeness (QED) is 0.470. The minimum Gasteiger partial charge on any atom is -0.461 e. The fourth-order valence-electron chi connectivity index (χ4n) is 5.02. The van der Waals surface area contributed by atoms with Crippen LogP contribution in [0.3, 0.4) is 0 Å². The molecule has 0 spiro atoms. The monoisotopic (exact) mass is 406 g/mol. The molecular weight excluding hydrogens is 384 g/mol. The Balaban J connectivity index is 1.59. The van der Waals surface area contributed by atoms with Gasteiger partial charge in [-0.15, -0.1) is 11.8 Å². The van der Waals surface area contributed by atoms with Crippen LogP contribution < -0.4 is 0 Å². The number of Topliss-reactive ketones (excluding diaryl/α,β-unsaturated/α-hetero) is 1. The Morgan fingerprint density at radius 3 is 2.81 bits per heavy atom. The minimum atomic E-state index is -0.674. The lowest BCUT2D eigenvalue weighted by Crippen LogP contribution is -2.38. The van der Waals surface area contributed by atoms with E-state index in [1.165, 1.54) is 0 Å². The molecule has 0 radical (unpaired) electrons. The summed E-state index contributed by atoms with van der Waals surface area (Å²) in [7, 11) is 0. The topological polar surface area (TPSA) is 63.6 Å². The van der Waals surface area contributed by atoms with Crippen molar-refractivity contribution in [1.29, 1.82) is 0 Å². The zero-order valence-electron chi connectivity index (χ0n) is 15.1. The number of aliphatic hydroxyl groups excluding tert-OH is 1. The Bertz CT molecular complexity index is 794. The summed E-state index contributed by atoms with van der Waals surface area (Å²) in [6, 6.07) is 7.50. The molecule has 1 aromatic carbocycles. The van der Waals surface area contributed by atoms with E-state index in [0.29, 0.717) is 23.6 Å². The van der Waals surface area contributed by atoms with Crippen molar-refractivity contribution < 1.29 is 19.4 Å². The van der Waals surface area contributed by atoms with E-state index in [-0.39, 0.29) is 35.4 Å². The molecule has 7 atom stereocenters. The van der Waals surface area contributed by atoms with Crippen LogP contribution in [-0.4, -0.2) is 34.8 Å². The first-order valence-electron chi connectivity index (χ1n) is 9.34. The van der Waals surface area contributed by atoms with Gasteiger partial charge in [-0.05, 0) is 30.5 Å². The molecule has 6 heteroatoms. The first-order chi connectivity index (χ1) is 12.9. The van der Waals surface area contributed by atoms with Crippen LogP contribution in [0.1, 0.15) is 19.8 Å². The van der Waals surface area contributed by atoms with E-state index in [4.69, 9.17) is 16.3 Å². The van der Waals surface area contributed by atoms with E-state index in [9.17, 15) is 14.7 Å². The van der Waals surface area contributed by atoms with Gasteiger partial charge in [0.15, 0.2) is 0 Å². The van der Waals surface area contributed by atoms with Crippen molar-refractivity contribution in [3.05, 3.63) is 41.4 Å². The van der Waals surface area contributed by atoms with Crippen molar-refractivity contribution in [3.63, 3.8) is 0 Å². The summed E-state index contributed by atoms with van der Waals surface area (Å²) in [6.07, 6.45) is -0.216. The molecule has 144 valence electrons. The summed E-state index contributed by atoms with van der Waals surface area (Å²) in [5.74, 6) is -0.486. The average molecular weight is 407 g/mol. The molecule has 0 bridgehead atoms. The fourth-order valence-corrected chi connectivity index (χ4v) is 6.39. The first-order valence-corrected chi connectivity index (χ1v) is 10.7. The Morgan fingerprint density at radius 1 is 1.30 bits per heavy atom. The Labute approximate surface area is 168 Å². The van der Waals surface area contributed by atoms with Crippen LogP contribution >= 0.6 is 23.4 Å². The molecule has 0 amide bonds. The standard InChI is InChI=1S/C21H23ClO4S/c1-10-6-17(24)19-15(9-27-13-5-3-4-12(22)7-13)21(25)26-20(19)18-11(2)16(23)8-14(10)18/h3-5,7,11,14-15,17-20,24H,1,6,8-9H2,2H3/t11-,14+,15+,17+,18+,19-,20+/m1/s1. The van der Waals surface area contributed by atoms with Gasteiger partial charge in [-0.1, -0.05) is 36.7 Å². The van der Waals surface area contributed by atoms with Crippen LogP contribution in [0.2, 0.25) is 5.02 Å². The number of halogens is 1. The molecule has 1 N–H and O–H groups in total. The number of ketones is 1. The third-order valence-electron chi connectivity index (χ3n) is 6.41. The fraction of sp³-hybridized carbons (Fsp3) is 0.524. The van der Waals surface area contributed by atoms with Crippen molar-refractivity contribution in [3.8, 4) is 0 Å². The van der Waals surface area contributed by atoms with Crippen molar-refractivity contribution >= 4 is 35.1 Å². The Kier molecular flexibility index (Phi) is 5.12. The first kappa shape index (κ1) is 19.0. The largest absolute Gasteiger partial charge is 0.461 e. The lowest BCUT2D eigenvalue weighted by Gasteiger charge is -2.29. The van der Waals surface area contributed by atoms with Gasteiger partial charge >= 0.3 is 5.97 Å². The third-order valence-corrected chi connectivity index (χ3v) is 7.76. The summed E-state index contributed by atoms with van der Waals surface area (Å²) in [5.41, 5.74) is 0.914. The normalized spacial score (nSPS) is 38.3. The summed E-state index contributed by atoms with van der Waals surface area (Å²) >= 11 is 7.59. The van der Waals surface area contributed by atoms with E-state index < -0.39 is 18.1 Å². The minimum absolute atomic E-state index is 0.00397. The number of thioether (sulfide) groups is 1. The van der Waals surface area contributed by atoms with Crippen molar-refractivity contribution in [2.75, 3.05) is 5.75 Å². The molecule has 1 aromatic rings. The van der Waals surface area contributed by atoms with E-state index in [0.717, 1.165) is 10.5 Å². The number of ether oxygens (including phenoxy) is 1. The lowest BCUT2D eigenvalue weighted by molar-refractivity contribution is -0.146. The second-order valence-electron chi connectivity index (χ2n) is 7.93. The molecule has 2 saturated carbocycles. The second-order valence-corrected chi connectivity index (χ2v) is 9.46. The van der Waals surface area contributed by atoms with E-state index in [2.05, 4.69) is 6.58 Å². The van der Waals surface area contributed by atoms with Gasteiger partial charge < -0.3 is 9.84 Å². The SMILES string of the molecule is C=C1C[C@H](O)[C@@H]2[C@@H](OC(=O)[C@H]2CSc2cccc(Cl)c2)[C@H]2[C@H](C)C(=O)C[C@@H]12. The number of aliphatic hydroxyl groups is 1.